The lowest BCUT2D eigenvalue weighted by atomic mass is 10.2. The van der Waals surface area contributed by atoms with Crippen molar-refractivity contribution in [2.45, 2.75) is 17.7 Å². The molecule has 0 aromatic carbocycles. The summed E-state index contributed by atoms with van der Waals surface area (Å²) in [6.45, 7) is 0. The molecule has 0 aliphatic heterocycles. The SMILES string of the molecule is Sc1csc2c1=CCCC=2. The van der Waals surface area contributed by atoms with Crippen LogP contribution in [0.1, 0.15) is 12.8 Å². The van der Waals surface area contributed by atoms with Crippen LogP contribution in [0.2, 0.25) is 0 Å². The van der Waals surface area contributed by atoms with Crippen molar-refractivity contribution in [3.05, 3.63) is 15.1 Å². The lowest BCUT2D eigenvalue weighted by Gasteiger charge is -1.92. The molecule has 0 unspecified atom stereocenters. The molecule has 1 aliphatic carbocycles. The molecule has 2 rings (SSSR count). The van der Waals surface area contributed by atoms with Crippen molar-refractivity contribution < 1.29 is 0 Å². The van der Waals surface area contributed by atoms with E-state index in [9.17, 15) is 0 Å². The largest absolute Gasteiger partial charge is 0.143 e. The maximum atomic E-state index is 4.35. The molecule has 1 aliphatic rings. The first kappa shape index (κ1) is 6.50. The van der Waals surface area contributed by atoms with Gasteiger partial charge in [0.05, 0.1) is 0 Å². The standard InChI is InChI=1S/C8H8S2/c9-7-5-10-8-4-2-1-3-6(7)8/h3-5,9H,1-2H2. The molecule has 1 aromatic heterocycles. The zero-order valence-corrected chi connectivity index (χ0v) is 7.21. The van der Waals surface area contributed by atoms with Crippen molar-refractivity contribution in [1.82, 2.24) is 0 Å². The molecule has 10 heavy (non-hydrogen) atoms. The molecular weight excluding hydrogens is 160 g/mol. The Morgan fingerprint density at radius 3 is 2.90 bits per heavy atom. The zero-order chi connectivity index (χ0) is 6.97. The van der Waals surface area contributed by atoms with Gasteiger partial charge in [0.25, 0.3) is 0 Å². The summed E-state index contributed by atoms with van der Waals surface area (Å²) in [7, 11) is 0. The number of hydrogen-bond acceptors (Lipinski definition) is 2. The lowest BCUT2D eigenvalue weighted by molar-refractivity contribution is 1.12. The second-order valence-corrected chi connectivity index (χ2v) is 3.78. The molecule has 52 valence electrons. The summed E-state index contributed by atoms with van der Waals surface area (Å²) < 4.78 is 1.40. The second kappa shape index (κ2) is 2.44. The number of thiol groups is 1. The van der Waals surface area contributed by atoms with Gasteiger partial charge in [-0.15, -0.1) is 24.0 Å². The van der Waals surface area contributed by atoms with Gasteiger partial charge in [-0.1, -0.05) is 12.2 Å². The molecule has 0 radical (unpaired) electrons. The number of fused-ring (bicyclic) bond motifs is 1. The fourth-order valence-electron chi connectivity index (χ4n) is 1.18. The van der Waals surface area contributed by atoms with Crippen molar-refractivity contribution in [3.8, 4) is 0 Å². The molecular formula is C8H8S2. The molecule has 0 N–H and O–H groups in total. The molecule has 2 heteroatoms. The minimum absolute atomic E-state index is 1.14. The molecule has 0 bridgehead atoms. The molecule has 1 heterocycles. The molecule has 0 atom stereocenters. The van der Waals surface area contributed by atoms with Gasteiger partial charge in [-0.2, -0.15) is 0 Å². The molecule has 0 saturated heterocycles. The summed E-state index contributed by atoms with van der Waals surface area (Å²) in [5.74, 6) is 0. The van der Waals surface area contributed by atoms with Crippen LogP contribution < -0.4 is 9.75 Å². The third-order valence-corrected chi connectivity index (χ3v) is 3.22. The van der Waals surface area contributed by atoms with Crippen molar-refractivity contribution in [2.24, 2.45) is 0 Å². The van der Waals surface area contributed by atoms with Crippen LogP contribution in [0.3, 0.4) is 0 Å². The van der Waals surface area contributed by atoms with E-state index in [2.05, 4.69) is 30.2 Å². The van der Waals surface area contributed by atoms with Gasteiger partial charge >= 0.3 is 0 Å². The lowest BCUT2D eigenvalue weighted by Crippen LogP contribution is -2.21. The summed E-state index contributed by atoms with van der Waals surface area (Å²) in [4.78, 5) is 1.14. The minimum atomic E-state index is 1.14. The summed E-state index contributed by atoms with van der Waals surface area (Å²) in [6.07, 6.45) is 6.94. The maximum Gasteiger partial charge on any atom is 0.0311 e. The molecule has 0 nitrogen and oxygen atoms in total. The predicted molar refractivity (Wildman–Crippen MR) is 49.0 cm³/mol. The van der Waals surface area contributed by atoms with Gasteiger partial charge in [0.2, 0.25) is 0 Å². The van der Waals surface area contributed by atoms with Gasteiger partial charge in [0, 0.05) is 20.0 Å². The van der Waals surface area contributed by atoms with Crippen molar-refractivity contribution >= 4 is 36.1 Å². The predicted octanol–water partition coefficient (Wildman–Crippen LogP) is 1.39. The van der Waals surface area contributed by atoms with Crippen LogP contribution in [0.5, 0.6) is 0 Å². The Morgan fingerprint density at radius 1 is 1.30 bits per heavy atom. The van der Waals surface area contributed by atoms with Crippen molar-refractivity contribution in [3.63, 3.8) is 0 Å². The maximum absolute atomic E-state index is 4.35. The Balaban J connectivity index is 2.89. The van der Waals surface area contributed by atoms with Crippen LogP contribution in [0, 0.1) is 0 Å². The number of thiophene rings is 1. The molecule has 0 amide bonds. The van der Waals surface area contributed by atoms with Gasteiger partial charge < -0.3 is 0 Å². The van der Waals surface area contributed by atoms with Crippen LogP contribution in [0.15, 0.2) is 10.3 Å². The van der Waals surface area contributed by atoms with E-state index in [1.807, 2.05) is 0 Å². The van der Waals surface area contributed by atoms with E-state index in [0.717, 1.165) is 4.90 Å². The van der Waals surface area contributed by atoms with E-state index >= 15 is 0 Å². The van der Waals surface area contributed by atoms with Crippen LogP contribution in [0.4, 0.5) is 0 Å². The van der Waals surface area contributed by atoms with Crippen LogP contribution in [0.25, 0.3) is 12.2 Å². The average molecular weight is 168 g/mol. The number of hydrogen-bond donors (Lipinski definition) is 1. The van der Waals surface area contributed by atoms with Crippen LogP contribution in [-0.4, -0.2) is 0 Å². The monoisotopic (exact) mass is 168 g/mol. The normalized spacial score (nSPS) is 15.3. The smallest absolute Gasteiger partial charge is 0.0311 e. The van der Waals surface area contributed by atoms with Crippen LogP contribution >= 0.6 is 24.0 Å². The van der Waals surface area contributed by atoms with Gasteiger partial charge in [-0.05, 0) is 12.8 Å². The fourth-order valence-corrected chi connectivity index (χ4v) is 2.52. The molecule has 0 fully saturated rings. The van der Waals surface area contributed by atoms with E-state index in [4.69, 9.17) is 0 Å². The first-order valence-electron chi connectivity index (χ1n) is 3.35. The fraction of sp³-hybridized carbons (Fsp3) is 0.250. The summed E-state index contributed by atoms with van der Waals surface area (Å²) in [5.41, 5.74) is 0. The zero-order valence-electron chi connectivity index (χ0n) is 5.50. The summed E-state index contributed by atoms with van der Waals surface area (Å²) in [5, 5.41) is 3.45. The van der Waals surface area contributed by atoms with E-state index in [-0.39, 0.29) is 0 Å². The van der Waals surface area contributed by atoms with Crippen molar-refractivity contribution in [1.29, 1.82) is 0 Å². The Kier molecular flexibility index (Phi) is 1.58. The molecule has 0 saturated carbocycles. The van der Waals surface area contributed by atoms with E-state index in [1.54, 1.807) is 11.3 Å². The summed E-state index contributed by atoms with van der Waals surface area (Å²) >= 11 is 6.13. The summed E-state index contributed by atoms with van der Waals surface area (Å²) in [6, 6.07) is 0. The molecule has 1 aromatic rings. The highest BCUT2D eigenvalue weighted by atomic mass is 32.1. The number of rotatable bonds is 0. The highest BCUT2D eigenvalue weighted by Gasteiger charge is 1.97. The van der Waals surface area contributed by atoms with Crippen molar-refractivity contribution in [2.75, 3.05) is 0 Å². The first-order valence-corrected chi connectivity index (χ1v) is 4.67. The quantitative estimate of drug-likeness (QED) is 0.556. The van der Waals surface area contributed by atoms with Gasteiger partial charge in [0.1, 0.15) is 0 Å². The highest BCUT2D eigenvalue weighted by Crippen LogP contribution is 2.04. The van der Waals surface area contributed by atoms with Crippen LogP contribution in [-0.2, 0) is 0 Å². The topological polar surface area (TPSA) is 0 Å². The van der Waals surface area contributed by atoms with E-state index in [0.29, 0.717) is 0 Å². The Morgan fingerprint density at radius 2 is 2.10 bits per heavy atom. The Labute approximate surface area is 69.3 Å². The average Bonchev–Trinajstić information content (AvgIpc) is 2.34. The third kappa shape index (κ3) is 0.917. The Bertz CT molecular complexity index is 346. The minimum Gasteiger partial charge on any atom is -0.143 e. The van der Waals surface area contributed by atoms with E-state index in [1.165, 1.54) is 22.6 Å². The second-order valence-electron chi connectivity index (χ2n) is 2.38. The molecule has 0 spiro atoms. The first-order chi connectivity index (χ1) is 4.88. The highest BCUT2D eigenvalue weighted by molar-refractivity contribution is 7.80. The third-order valence-electron chi connectivity index (χ3n) is 1.68. The van der Waals surface area contributed by atoms with Gasteiger partial charge in [-0.25, -0.2) is 0 Å². The van der Waals surface area contributed by atoms with Gasteiger partial charge in [0.15, 0.2) is 0 Å². The Hall–Kier alpha value is -0.210. The van der Waals surface area contributed by atoms with E-state index < -0.39 is 0 Å². The van der Waals surface area contributed by atoms with Gasteiger partial charge in [-0.3, -0.25) is 0 Å².